The predicted octanol–water partition coefficient (Wildman–Crippen LogP) is 3.58. The van der Waals surface area contributed by atoms with Crippen LogP contribution in [0, 0.1) is 0 Å². The minimum atomic E-state index is 0.0343. The molecule has 1 aromatic carbocycles. The third kappa shape index (κ3) is 3.66. The van der Waals surface area contributed by atoms with Crippen LogP contribution in [-0.2, 0) is 11.3 Å². The van der Waals surface area contributed by atoms with Crippen molar-refractivity contribution in [1.82, 2.24) is 9.88 Å². The Labute approximate surface area is 127 Å². The lowest BCUT2D eigenvalue weighted by Gasteiger charge is -2.36. The molecule has 1 aliphatic rings. The topological polar surface area (TPSA) is 26.2 Å². The third-order valence-electron chi connectivity index (χ3n) is 4.39. The van der Waals surface area contributed by atoms with E-state index in [-0.39, 0.29) is 5.60 Å². The van der Waals surface area contributed by atoms with Crippen molar-refractivity contribution in [3.05, 3.63) is 36.5 Å². The molecule has 1 aromatic heterocycles. The highest BCUT2D eigenvalue weighted by Gasteiger charge is 2.28. The summed E-state index contributed by atoms with van der Waals surface area (Å²) in [6, 6.07) is 11.4. The molecule has 1 atom stereocenters. The second-order valence-electron chi connectivity index (χ2n) is 6.67. The highest BCUT2D eigenvalue weighted by molar-refractivity contribution is 5.79. The average molecular weight is 286 g/mol. The molecule has 3 rings (SSSR count). The smallest absolute Gasteiger partial charge is 0.0641 e. The number of hydrogen-bond donors (Lipinski definition) is 1. The van der Waals surface area contributed by atoms with E-state index in [1.54, 1.807) is 0 Å². The molecule has 114 valence electrons. The summed E-state index contributed by atoms with van der Waals surface area (Å²) in [6.45, 7) is 7.41. The molecule has 21 heavy (non-hydrogen) atoms. The van der Waals surface area contributed by atoms with Crippen LogP contribution in [0.25, 0.3) is 10.9 Å². The van der Waals surface area contributed by atoms with Gasteiger partial charge in [-0.3, -0.25) is 0 Å². The lowest BCUT2D eigenvalue weighted by molar-refractivity contribution is -0.0628. The molecule has 2 heterocycles. The van der Waals surface area contributed by atoms with E-state index in [9.17, 15) is 0 Å². The molecule has 1 N–H and O–H groups in total. The van der Waals surface area contributed by atoms with Gasteiger partial charge >= 0.3 is 0 Å². The van der Waals surface area contributed by atoms with Crippen molar-refractivity contribution in [3.8, 4) is 0 Å². The summed E-state index contributed by atoms with van der Waals surface area (Å²) in [6.07, 6.45) is 5.61. The molecule has 2 aromatic rings. The van der Waals surface area contributed by atoms with Crippen LogP contribution in [0.1, 0.15) is 33.1 Å². The molecule has 1 unspecified atom stereocenters. The number of nitrogens with one attached hydrogen (secondary N) is 1. The summed E-state index contributed by atoms with van der Waals surface area (Å²) in [4.78, 5) is 0. The van der Waals surface area contributed by atoms with Crippen LogP contribution >= 0.6 is 0 Å². The van der Waals surface area contributed by atoms with Gasteiger partial charge < -0.3 is 14.6 Å². The van der Waals surface area contributed by atoms with Crippen molar-refractivity contribution in [1.29, 1.82) is 0 Å². The number of rotatable bonds is 5. The normalized spacial score (nSPS) is 21.7. The first-order valence-electron chi connectivity index (χ1n) is 8.05. The number of aryl methyl sites for hydroxylation is 1. The molecule has 0 amide bonds. The maximum Gasteiger partial charge on any atom is 0.0641 e. The quantitative estimate of drug-likeness (QED) is 0.850. The average Bonchev–Trinajstić information content (AvgIpc) is 2.86. The number of hydrogen-bond acceptors (Lipinski definition) is 2. The molecular weight excluding hydrogens is 260 g/mol. The fourth-order valence-corrected chi connectivity index (χ4v) is 3.30. The Kier molecular flexibility index (Phi) is 4.32. The number of benzene rings is 1. The van der Waals surface area contributed by atoms with Crippen molar-refractivity contribution in [2.45, 2.75) is 51.3 Å². The summed E-state index contributed by atoms with van der Waals surface area (Å²) >= 11 is 0. The number of para-hydroxylation sites is 1. The Bertz CT molecular complexity index is 588. The Morgan fingerprint density at radius 1 is 1.29 bits per heavy atom. The molecule has 3 heteroatoms. The van der Waals surface area contributed by atoms with E-state index in [0.29, 0.717) is 6.04 Å². The number of ether oxygens (including phenoxy) is 1. The van der Waals surface area contributed by atoms with E-state index in [2.05, 4.69) is 60.3 Å². The Hall–Kier alpha value is -1.32. The van der Waals surface area contributed by atoms with Gasteiger partial charge in [0, 0.05) is 30.9 Å². The van der Waals surface area contributed by atoms with Gasteiger partial charge in [-0.25, -0.2) is 0 Å². The van der Waals surface area contributed by atoms with Gasteiger partial charge in [-0.1, -0.05) is 18.2 Å². The molecule has 1 saturated heterocycles. The Morgan fingerprint density at radius 3 is 3.00 bits per heavy atom. The van der Waals surface area contributed by atoms with Crippen molar-refractivity contribution >= 4 is 10.9 Å². The Morgan fingerprint density at radius 2 is 2.14 bits per heavy atom. The van der Waals surface area contributed by atoms with Crippen LogP contribution in [0.5, 0.6) is 0 Å². The zero-order chi connectivity index (χ0) is 14.7. The monoisotopic (exact) mass is 286 g/mol. The van der Waals surface area contributed by atoms with Gasteiger partial charge in [0.15, 0.2) is 0 Å². The van der Waals surface area contributed by atoms with Crippen LogP contribution in [0.15, 0.2) is 36.5 Å². The van der Waals surface area contributed by atoms with Crippen LogP contribution < -0.4 is 5.32 Å². The lowest BCUT2D eigenvalue weighted by atomic mass is 9.94. The van der Waals surface area contributed by atoms with E-state index in [4.69, 9.17) is 4.74 Å². The van der Waals surface area contributed by atoms with Crippen LogP contribution in [-0.4, -0.2) is 29.4 Å². The molecule has 0 saturated carbocycles. The minimum Gasteiger partial charge on any atom is -0.375 e. The van der Waals surface area contributed by atoms with Crippen LogP contribution in [0.4, 0.5) is 0 Å². The molecular formula is C18H26N2O. The fourth-order valence-electron chi connectivity index (χ4n) is 3.30. The number of nitrogens with zero attached hydrogens (tertiary/aromatic N) is 1. The molecule has 0 bridgehead atoms. The molecule has 1 aliphatic heterocycles. The number of fused-ring (bicyclic) bond motifs is 1. The highest BCUT2D eigenvalue weighted by atomic mass is 16.5. The van der Waals surface area contributed by atoms with E-state index < -0.39 is 0 Å². The Balaban J connectivity index is 1.46. The van der Waals surface area contributed by atoms with Gasteiger partial charge in [-0.05, 0) is 57.2 Å². The standard InChI is InChI=1S/C18H26N2O/c1-18(2)14-16(9-13-21-18)19-10-5-11-20-12-8-15-6-3-4-7-17(15)20/h3-4,6-8,12,16,19H,5,9-11,13-14H2,1-2H3. The third-order valence-corrected chi connectivity index (χ3v) is 4.39. The second-order valence-corrected chi connectivity index (χ2v) is 6.67. The van der Waals surface area contributed by atoms with Gasteiger partial charge in [0.2, 0.25) is 0 Å². The van der Waals surface area contributed by atoms with E-state index in [1.807, 2.05) is 0 Å². The maximum absolute atomic E-state index is 5.76. The van der Waals surface area contributed by atoms with E-state index in [1.165, 1.54) is 10.9 Å². The van der Waals surface area contributed by atoms with E-state index >= 15 is 0 Å². The maximum atomic E-state index is 5.76. The summed E-state index contributed by atoms with van der Waals surface area (Å²) < 4.78 is 8.12. The van der Waals surface area contributed by atoms with Crippen LogP contribution in [0.3, 0.4) is 0 Å². The highest BCUT2D eigenvalue weighted by Crippen LogP contribution is 2.23. The first-order valence-corrected chi connectivity index (χ1v) is 8.05. The summed E-state index contributed by atoms with van der Waals surface area (Å²) in [5.74, 6) is 0. The molecule has 3 nitrogen and oxygen atoms in total. The van der Waals surface area contributed by atoms with Crippen molar-refractivity contribution < 1.29 is 4.74 Å². The molecule has 0 spiro atoms. The molecule has 0 radical (unpaired) electrons. The zero-order valence-corrected chi connectivity index (χ0v) is 13.1. The zero-order valence-electron chi connectivity index (χ0n) is 13.1. The SMILES string of the molecule is CC1(C)CC(NCCCn2ccc3ccccc32)CCO1. The van der Waals surface area contributed by atoms with Crippen LogP contribution in [0.2, 0.25) is 0 Å². The largest absolute Gasteiger partial charge is 0.375 e. The summed E-state index contributed by atoms with van der Waals surface area (Å²) in [5.41, 5.74) is 1.37. The van der Waals surface area contributed by atoms with Gasteiger partial charge in [0.05, 0.1) is 5.60 Å². The first-order chi connectivity index (χ1) is 10.1. The number of aromatic nitrogens is 1. The van der Waals surface area contributed by atoms with Crippen molar-refractivity contribution in [3.63, 3.8) is 0 Å². The lowest BCUT2D eigenvalue weighted by Crippen LogP contribution is -2.44. The van der Waals surface area contributed by atoms with Gasteiger partial charge in [-0.2, -0.15) is 0 Å². The molecule has 1 fully saturated rings. The summed E-state index contributed by atoms with van der Waals surface area (Å²) in [7, 11) is 0. The summed E-state index contributed by atoms with van der Waals surface area (Å²) in [5, 5.41) is 5.02. The van der Waals surface area contributed by atoms with Gasteiger partial charge in [0.25, 0.3) is 0 Å². The van der Waals surface area contributed by atoms with E-state index in [0.717, 1.165) is 39.0 Å². The second kappa shape index (κ2) is 6.20. The molecule has 0 aliphatic carbocycles. The minimum absolute atomic E-state index is 0.0343. The predicted molar refractivity (Wildman–Crippen MR) is 87.6 cm³/mol. The van der Waals surface area contributed by atoms with Crippen molar-refractivity contribution in [2.75, 3.05) is 13.2 Å². The van der Waals surface area contributed by atoms with Gasteiger partial charge in [0.1, 0.15) is 0 Å². The fraction of sp³-hybridized carbons (Fsp3) is 0.556. The first kappa shape index (κ1) is 14.6. The van der Waals surface area contributed by atoms with Gasteiger partial charge in [-0.15, -0.1) is 0 Å². The van der Waals surface area contributed by atoms with Crippen molar-refractivity contribution in [2.24, 2.45) is 0 Å².